The summed E-state index contributed by atoms with van der Waals surface area (Å²) in [5, 5.41) is 1.80. The topological polar surface area (TPSA) is 46.2 Å². The molecule has 1 aliphatic heterocycles. The van der Waals surface area contributed by atoms with Crippen LogP contribution in [0.3, 0.4) is 0 Å². The second kappa shape index (κ2) is 4.29. The number of hydrogen-bond acceptors (Lipinski definition) is 3. The van der Waals surface area contributed by atoms with Gasteiger partial charge in [0.2, 0.25) is 5.91 Å². The summed E-state index contributed by atoms with van der Waals surface area (Å²) in [5.74, 6) is -0.171. The summed E-state index contributed by atoms with van der Waals surface area (Å²) in [6, 6.07) is 6.15. The van der Waals surface area contributed by atoms with Gasteiger partial charge in [0.25, 0.3) is 5.24 Å². The van der Waals surface area contributed by atoms with Crippen molar-refractivity contribution < 1.29 is 9.59 Å². The average molecular weight is 235 g/mol. The molecule has 1 N–H and O–H groups in total. The molecule has 1 aromatic rings. The molecule has 1 saturated heterocycles. The third-order valence-corrected chi connectivity index (χ3v) is 3.65. The first-order chi connectivity index (χ1) is 7.56. The number of carbonyl (C=O) groups excluding carboxylic acids is 2. The number of rotatable bonds is 2. The van der Waals surface area contributed by atoms with Crippen LogP contribution in [0.15, 0.2) is 18.2 Å². The molecule has 0 radical (unpaired) electrons. The zero-order valence-electron chi connectivity index (χ0n) is 9.24. The molecule has 1 atom stereocenters. The summed E-state index contributed by atoms with van der Waals surface area (Å²) in [7, 11) is 0. The monoisotopic (exact) mass is 235 g/mol. The maximum absolute atomic E-state index is 11.4. The van der Waals surface area contributed by atoms with E-state index in [4.69, 9.17) is 0 Å². The van der Waals surface area contributed by atoms with Crippen LogP contribution in [0.4, 0.5) is 4.79 Å². The lowest BCUT2D eigenvalue weighted by Crippen LogP contribution is -2.25. The van der Waals surface area contributed by atoms with E-state index in [0.29, 0.717) is 6.42 Å². The van der Waals surface area contributed by atoms with E-state index in [2.05, 4.69) is 11.4 Å². The van der Waals surface area contributed by atoms with Crippen molar-refractivity contribution in [2.24, 2.45) is 0 Å². The minimum absolute atomic E-state index is 0.171. The molecular formula is C12H13NO2S. The van der Waals surface area contributed by atoms with Crippen LogP contribution >= 0.6 is 11.8 Å². The van der Waals surface area contributed by atoms with E-state index < -0.39 is 0 Å². The van der Waals surface area contributed by atoms with E-state index >= 15 is 0 Å². The van der Waals surface area contributed by atoms with Crippen LogP contribution in [0, 0.1) is 13.8 Å². The molecule has 84 valence electrons. The van der Waals surface area contributed by atoms with Crippen LogP contribution in [0.25, 0.3) is 0 Å². The Labute approximate surface area is 98.6 Å². The summed E-state index contributed by atoms with van der Waals surface area (Å²) in [6.07, 6.45) is 0.619. The Morgan fingerprint density at radius 1 is 1.31 bits per heavy atom. The number of benzene rings is 1. The van der Waals surface area contributed by atoms with E-state index in [-0.39, 0.29) is 16.4 Å². The smallest absolute Gasteiger partial charge is 0.286 e. The molecule has 3 nitrogen and oxygen atoms in total. The van der Waals surface area contributed by atoms with Gasteiger partial charge >= 0.3 is 0 Å². The molecule has 4 heteroatoms. The zero-order chi connectivity index (χ0) is 11.7. The number of aryl methyl sites for hydroxylation is 2. The molecule has 16 heavy (non-hydrogen) atoms. The molecule has 2 rings (SSSR count). The molecule has 0 saturated carbocycles. The van der Waals surface area contributed by atoms with Crippen molar-refractivity contribution in [3.8, 4) is 0 Å². The van der Waals surface area contributed by atoms with E-state index in [1.807, 2.05) is 26.0 Å². The number of nitrogens with one attached hydrogen (secondary N) is 1. The van der Waals surface area contributed by atoms with Crippen molar-refractivity contribution in [3.05, 3.63) is 34.9 Å². The highest BCUT2D eigenvalue weighted by molar-refractivity contribution is 8.15. The first-order valence-corrected chi connectivity index (χ1v) is 6.02. The normalized spacial score (nSPS) is 20.0. The van der Waals surface area contributed by atoms with E-state index in [1.54, 1.807) is 0 Å². The molecule has 0 aromatic heterocycles. The first kappa shape index (κ1) is 11.2. The standard InChI is InChI=1S/C12H13NO2S/c1-7-3-4-9(8(2)5-7)6-10-11(14)13-12(15)16-10/h3-5,10H,6H2,1-2H3,(H,13,14,15). The highest BCUT2D eigenvalue weighted by Crippen LogP contribution is 2.24. The average Bonchev–Trinajstić information content (AvgIpc) is 2.50. The number of carbonyl (C=O) groups is 2. The molecule has 1 aliphatic rings. The predicted molar refractivity (Wildman–Crippen MR) is 64.5 cm³/mol. The summed E-state index contributed by atoms with van der Waals surface area (Å²) in [4.78, 5) is 22.4. The Morgan fingerprint density at radius 3 is 2.62 bits per heavy atom. The van der Waals surface area contributed by atoms with Gasteiger partial charge in [-0.3, -0.25) is 14.9 Å². The largest absolute Gasteiger partial charge is 0.286 e. The second-order valence-electron chi connectivity index (χ2n) is 4.02. The number of thioether (sulfide) groups is 1. The van der Waals surface area contributed by atoms with E-state index in [0.717, 1.165) is 17.3 Å². The second-order valence-corrected chi connectivity index (χ2v) is 5.19. The molecule has 0 aliphatic carbocycles. The van der Waals surface area contributed by atoms with Crippen molar-refractivity contribution >= 4 is 22.9 Å². The van der Waals surface area contributed by atoms with Crippen molar-refractivity contribution in [2.45, 2.75) is 25.5 Å². The van der Waals surface area contributed by atoms with Crippen molar-refractivity contribution in [2.75, 3.05) is 0 Å². The lowest BCUT2D eigenvalue weighted by Gasteiger charge is -2.09. The number of hydrogen-bond donors (Lipinski definition) is 1. The fourth-order valence-corrected chi connectivity index (χ4v) is 2.65. The molecule has 0 spiro atoms. The quantitative estimate of drug-likeness (QED) is 0.854. The Kier molecular flexibility index (Phi) is 3.01. The van der Waals surface area contributed by atoms with Gasteiger partial charge in [-0.25, -0.2) is 0 Å². The molecule has 1 heterocycles. The number of imide groups is 1. The van der Waals surface area contributed by atoms with Gasteiger partial charge in [-0.2, -0.15) is 0 Å². The molecular weight excluding hydrogens is 222 g/mol. The summed E-state index contributed by atoms with van der Waals surface area (Å²) in [5.41, 5.74) is 3.52. The van der Waals surface area contributed by atoms with Crippen LogP contribution in [-0.4, -0.2) is 16.4 Å². The fourth-order valence-electron chi connectivity index (χ4n) is 1.80. The van der Waals surface area contributed by atoms with Crippen molar-refractivity contribution in [1.82, 2.24) is 5.32 Å². The van der Waals surface area contributed by atoms with Crippen LogP contribution < -0.4 is 5.32 Å². The Hall–Kier alpha value is -1.29. The predicted octanol–water partition coefficient (Wildman–Crippen LogP) is 2.20. The summed E-state index contributed by atoms with van der Waals surface area (Å²) >= 11 is 1.08. The zero-order valence-corrected chi connectivity index (χ0v) is 10.1. The molecule has 1 unspecified atom stereocenters. The van der Waals surface area contributed by atoms with Gasteiger partial charge in [-0.1, -0.05) is 35.5 Å². The van der Waals surface area contributed by atoms with Gasteiger partial charge in [0.05, 0.1) is 5.25 Å². The highest BCUT2D eigenvalue weighted by atomic mass is 32.2. The van der Waals surface area contributed by atoms with Gasteiger partial charge in [-0.15, -0.1) is 0 Å². The first-order valence-electron chi connectivity index (χ1n) is 5.14. The van der Waals surface area contributed by atoms with Gasteiger partial charge in [-0.05, 0) is 31.4 Å². The van der Waals surface area contributed by atoms with Crippen molar-refractivity contribution in [1.29, 1.82) is 0 Å². The fraction of sp³-hybridized carbons (Fsp3) is 0.333. The molecule has 0 bridgehead atoms. The van der Waals surface area contributed by atoms with Crippen LogP contribution in [0.5, 0.6) is 0 Å². The van der Waals surface area contributed by atoms with E-state index in [1.165, 1.54) is 11.1 Å². The Balaban J connectivity index is 2.15. The Bertz CT molecular complexity index is 456. The van der Waals surface area contributed by atoms with Gasteiger partial charge < -0.3 is 0 Å². The van der Waals surface area contributed by atoms with E-state index in [9.17, 15) is 9.59 Å². The molecule has 2 amide bonds. The van der Waals surface area contributed by atoms with Crippen LogP contribution in [0.1, 0.15) is 16.7 Å². The third-order valence-electron chi connectivity index (χ3n) is 2.67. The number of amides is 2. The highest BCUT2D eigenvalue weighted by Gasteiger charge is 2.31. The SMILES string of the molecule is Cc1ccc(CC2SC(=O)NC2=O)c(C)c1. The molecule has 1 aromatic carbocycles. The lowest BCUT2D eigenvalue weighted by molar-refractivity contribution is -0.118. The van der Waals surface area contributed by atoms with Crippen LogP contribution in [0.2, 0.25) is 0 Å². The third kappa shape index (κ3) is 2.27. The van der Waals surface area contributed by atoms with Gasteiger partial charge in [0.1, 0.15) is 0 Å². The summed E-state index contributed by atoms with van der Waals surface area (Å²) in [6.45, 7) is 4.07. The minimum atomic E-state index is -0.270. The van der Waals surface area contributed by atoms with Gasteiger partial charge in [0, 0.05) is 0 Å². The Morgan fingerprint density at radius 2 is 2.06 bits per heavy atom. The maximum atomic E-state index is 11.4. The van der Waals surface area contributed by atoms with Gasteiger partial charge in [0.15, 0.2) is 0 Å². The van der Waals surface area contributed by atoms with Crippen LogP contribution in [-0.2, 0) is 11.2 Å². The lowest BCUT2D eigenvalue weighted by atomic mass is 10.0. The van der Waals surface area contributed by atoms with Crippen molar-refractivity contribution in [3.63, 3.8) is 0 Å². The minimum Gasteiger partial charge on any atom is -0.286 e. The summed E-state index contributed by atoms with van der Waals surface area (Å²) < 4.78 is 0. The molecule has 1 fully saturated rings. The maximum Gasteiger partial charge on any atom is 0.286 e.